The fourth-order valence-corrected chi connectivity index (χ4v) is 2.07. The number of allylic oxidation sites excluding steroid dienone is 1. The average Bonchev–Trinajstić information content (AvgIpc) is 2.83. The van der Waals surface area contributed by atoms with E-state index in [1.807, 2.05) is 19.1 Å². The molecule has 1 aromatic heterocycles. The Hall–Kier alpha value is -2.75. The van der Waals surface area contributed by atoms with Gasteiger partial charge in [-0.3, -0.25) is 0 Å². The maximum Gasteiger partial charge on any atom is 0.227 e. The van der Waals surface area contributed by atoms with Crippen molar-refractivity contribution in [2.24, 2.45) is 0 Å². The van der Waals surface area contributed by atoms with Gasteiger partial charge < -0.3 is 14.6 Å². The summed E-state index contributed by atoms with van der Waals surface area (Å²) in [4.78, 5) is 4.37. The van der Waals surface area contributed by atoms with Gasteiger partial charge in [-0.25, -0.2) is 4.98 Å². The van der Waals surface area contributed by atoms with Crippen LogP contribution in [0.4, 0.5) is 0 Å². The SMILES string of the molecule is C/C=C/c1cc(O)cc2nc(-c3ccc(O)cc3)oc12. The standard InChI is InChI=1S/C16H13NO3/c1-2-3-11-8-13(19)9-14-15(11)20-16(17-14)10-4-6-12(18)7-5-10/h2-9,18-19H,1H3/b3-2+. The van der Waals surface area contributed by atoms with Crippen LogP contribution in [0.3, 0.4) is 0 Å². The molecule has 0 amide bonds. The van der Waals surface area contributed by atoms with Crippen molar-refractivity contribution in [1.29, 1.82) is 0 Å². The highest BCUT2D eigenvalue weighted by Gasteiger charge is 2.12. The molecule has 0 saturated carbocycles. The molecule has 0 radical (unpaired) electrons. The molecule has 0 saturated heterocycles. The van der Waals surface area contributed by atoms with Crippen LogP contribution in [-0.2, 0) is 0 Å². The molecular formula is C16H13NO3. The van der Waals surface area contributed by atoms with E-state index in [2.05, 4.69) is 4.98 Å². The van der Waals surface area contributed by atoms with Gasteiger partial charge in [0.25, 0.3) is 0 Å². The van der Waals surface area contributed by atoms with Crippen molar-refractivity contribution in [1.82, 2.24) is 4.98 Å². The zero-order valence-electron chi connectivity index (χ0n) is 10.9. The largest absolute Gasteiger partial charge is 0.508 e. The Labute approximate surface area is 115 Å². The number of hydrogen-bond donors (Lipinski definition) is 2. The van der Waals surface area contributed by atoms with E-state index in [1.54, 1.807) is 36.4 Å². The fraction of sp³-hybridized carbons (Fsp3) is 0.0625. The van der Waals surface area contributed by atoms with Crippen molar-refractivity contribution >= 4 is 17.2 Å². The number of oxazole rings is 1. The molecule has 4 nitrogen and oxygen atoms in total. The number of nitrogens with zero attached hydrogens (tertiary/aromatic N) is 1. The van der Waals surface area contributed by atoms with Gasteiger partial charge in [-0.1, -0.05) is 12.2 Å². The van der Waals surface area contributed by atoms with E-state index in [0.29, 0.717) is 17.0 Å². The Morgan fingerprint density at radius 2 is 1.80 bits per heavy atom. The quantitative estimate of drug-likeness (QED) is 0.738. The third-order valence-electron chi connectivity index (χ3n) is 2.96. The predicted octanol–water partition coefficient (Wildman–Crippen LogP) is 3.94. The summed E-state index contributed by atoms with van der Waals surface area (Å²) in [6, 6.07) is 9.82. The lowest BCUT2D eigenvalue weighted by Crippen LogP contribution is -1.76. The lowest BCUT2D eigenvalue weighted by Gasteiger charge is -1.96. The Bertz CT molecular complexity index is 785. The molecule has 0 atom stereocenters. The highest BCUT2D eigenvalue weighted by molar-refractivity contribution is 5.86. The molecule has 2 aromatic carbocycles. The molecule has 0 spiro atoms. The summed E-state index contributed by atoms with van der Waals surface area (Å²) in [5, 5.41) is 19.0. The van der Waals surface area contributed by atoms with Gasteiger partial charge in [-0.15, -0.1) is 0 Å². The molecule has 4 heteroatoms. The molecular weight excluding hydrogens is 254 g/mol. The molecule has 0 aliphatic heterocycles. The maximum atomic E-state index is 9.71. The monoisotopic (exact) mass is 267 g/mol. The maximum absolute atomic E-state index is 9.71. The van der Waals surface area contributed by atoms with Gasteiger partial charge in [-0.05, 0) is 37.3 Å². The minimum absolute atomic E-state index is 0.149. The minimum atomic E-state index is 0.149. The average molecular weight is 267 g/mol. The molecule has 0 aliphatic rings. The smallest absolute Gasteiger partial charge is 0.227 e. The van der Waals surface area contributed by atoms with Crippen LogP contribution in [0.15, 0.2) is 46.9 Å². The van der Waals surface area contributed by atoms with Gasteiger partial charge in [0.15, 0.2) is 5.58 Å². The van der Waals surface area contributed by atoms with Gasteiger partial charge in [-0.2, -0.15) is 0 Å². The Morgan fingerprint density at radius 1 is 1.05 bits per heavy atom. The van der Waals surface area contributed by atoms with Gasteiger partial charge >= 0.3 is 0 Å². The van der Waals surface area contributed by atoms with Crippen LogP contribution >= 0.6 is 0 Å². The van der Waals surface area contributed by atoms with E-state index in [4.69, 9.17) is 4.42 Å². The van der Waals surface area contributed by atoms with Crippen molar-refractivity contribution in [3.05, 3.63) is 48.0 Å². The van der Waals surface area contributed by atoms with Gasteiger partial charge in [0.2, 0.25) is 5.89 Å². The zero-order chi connectivity index (χ0) is 14.1. The molecule has 3 rings (SSSR count). The third kappa shape index (κ3) is 2.12. The number of phenolic OH excluding ortho intramolecular Hbond substituents is 2. The fourth-order valence-electron chi connectivity index (χ4n) is 2.07. The van der Waals surface area contributed by atoms with Crippen molar-refractivity contribution in [3.8, 4) is 23.0 Å². The van der Waals surface area contributed by atoms with Crippen LogP contribution in [0.5, 0.6) is 11.5 Å². The summed E-state index contributed by atoms with van der Waals surface area (Å²) in [6.45, 7) is 1.90. The van der Waals surface area contributed by atoms with Crippen molar-refractivity contribution < 1.29 is 14.6 Å². The number of aromatic nitrogens is 1. The van der Waals surface area contributed by atoms with Crippen LogP contribution in [0, 0.1) is 0 Å². The molecule has 3 aromatic rings. The van der Waals surface area contributed by atoms with Crippen molar-refractivity contribution in [2.45, 2.75) is 6.92 Å². The first-order valence-electron chi connectivity index (χ1n) is 6.23. The summed E-state index contributed by atoms with van der Waals surface area (Å²) in [6.07, 6.45) is 3.73. The van der Waals surface area contributed by atoms with E-state index in [1.165, 1.54) is 0 Å². The molecule has 100 valence electrons. The lowest BCUT2D eigenvalue weighted by atomic mass is 10.1. The second-order valence-electron chi connectivity index (χ2n) is 4.45. The number of phenols is 2. The molecule has 20 heavy (non-hydrogen) atoms. The first-order valence-corrected chi connectivity index (χ1v) is 6.23. The van der Waals surface area contributed by atoms with E-state index < -0.39 is 0 Å². The lowest BCUT2D eigenvalue weighted by molar-refractivity contribution is 0.475. The minimum Gasteiger partial charge on any atom is -0.508 e. The third-order valence-corrected chi connectivity index (χ3v) is 2.96. The van der Waals surface area contributed by atoms with Crippen molar-refractivity contribution in [2.75, 3.05) is 0 Å². The van der Waals surface area contributed by atoms with Crippen LogP contribution in [0.1, 0.15) is 12.5 Å². The van der Waals surface area contributed by atoms with Gasteiger partial charge in [0.05, 0.1) is 0 Å². The summed E-state index contributed by atoms with van der Waals surface area (Å²) in [5.41, 5.74) is 2.77. The number of aromatic hydroxyl groups is 2. The highest BCUT2D eigenvalue weighted by Crippen LogP contribution is 2.30. The Balaban J connectivity index is 2.19. The normalized spacial score (nSPS) is 11.4. The topological polar surface area (TPSA) is 66.5 Å². The molecule has 0 fully saturated rings. The predicted molar refractivity (Wildman–Crippen MR) is 77.5 cm³/mol. The van der Waals surface area contributed by atoms with Crippen LogP contribution < -0.4 is 0 Å². The molecule has 2 N–H and O–H groups in total. The van der Waals surface area contributed by atoms with E-state index in [9.17, 15) is 10.2 Å². The number of fused-ring (bicyclic) bond motifs is 1. The van der Waals surface area contributed by atoms with Gasteiger partial charge in [0, 0.05) is 17.2 Å². The zero-order valence-corrected chi connectivity index (χ0v) is 10.9. The Morgan fingerprint density at radius 3 is 2.50 bits per heavy atom. The van der Waals surface area contributed by atoms with E-state index >= 15 is 0 Å². The van der Waals surface area contributed by atoms with Crippen LogP contribution in [-0.4, -0.2) is 15.2 Å². The number of hydrogen-bond acceptors (Lipinski definition) is 4. The first kappa shape index (κ1) is 12.3. The second-order valence-corrected chi connectivity index (χ2v) is 4.45. The van der Waals surface area contributed by atoms with Crippen molar-refractivity contribution in [3.63, 3.8) is 0 Å². The first-order chi connectivity index (χ1) is 9.67. The van der Waals surface area contributed by atoms with Crippen LogP contribution in [0.25, 0.3) is 28.6 Å². The summed E-state index contributed by atoms with van der Waals surface area (Å²) in [5.74, 6) is 0.796. The highest BCUT2D eigenvalue weighted by atomic mass is 16.3. The summed E-state index contributed by atoms with van der Waals surface area (Å²) in [7, 11) is 0. The summed E-state index contributed by atoms with van der Waals surface area (Å²) >= 11 is 0. The number of rotatable bonds is 2. The van der Waals surface area contributed by atoms with Gasteiger partial charge in [0.1, 0.15) is 17.0 Å². The molecule has 0 bridgehead atoms. The molecule has 0 unspecified atom stereocenters. The molecule has 0 aliphatic carbocycles. The number of benzene rings is 2. The summed E-state index contributed by atoms with van der Waals surface area (Å²) < 4.78 is 5.78. The second kappa shape index (κ2) is 4.74. The van der Waals surface area contributed by atoms with E-state index in [-0.39, 0.29) is 11.5 Å². The van der Waals surface area contributed by atoms with E-state index in [0.717, 1.165) is 11.1 Å². The Kier molecular flexibility index (Phi) is 2.91. The van der Waals surface area contributed by atoms with Crippen LogP contribution in [0.2, 0.25) is 0 Å². The molecule has 1 heterocycles.